The maximum atomic E-state index is 5.69. The van der Waals surface area contributed by atoms with E-state index in [2.05, 4.69) is 55.2 Å². The van der Waals surface area contributed by atoms with Crippen LogP contribution >= 0.6 is 0 Å². The number of hydrogen-bond donors (Lipinski definition) is 0. The van der Waals surface area contributed by atoms with Crippen LogP contribution in [0.1, 0.15) is 75.6 Å². The molecule has 2 rings (SSSR count). The molecule has 1 aromatic heterocycles. The van der Waals surface area contributed by atoms with E-state index < -0.39 is 0 Å². The fourth-order valence-corrected chi connectivity index (χ4v) is 2.81. The summed E-state index contributed by atoms with van der Waals surface area (Å²) in [6, 6.07) is 12.6. The molecule has 0 spiro atoms. The SMILES string of the molecule is CCCCCCCc1ccc(C=Cc2ccc(OCCCC)cc2)nc1. The zero-order valence-electron chi connectivity index (χ0n) is 16.4. The Morgan fingerprint density at radius 2 is 1.58 bits per heavy atom. The van der Waals surface area contributed by atoms with Gasteiger partial charge in [-0.1, -0.05) is 70.2 Å². The van der Waals surface area contributed by atoms with Crippen LogP contribution < -0.4 is 4.74 Å². The maximum Gasteiger partial charge on any atom is 0.119 e. The summed E-state index contributed by atoms with van der Waals surface area (Å²) in [4.78, 5) is 4.56. The predicted octanol–water partition coefficient (Wildman–Crippen LogP) is 6.94. The van der Waals surface area contributed by atoms with Crippen LogP contribution in [0.2, 0.25) is 0 Å². The Bertz CT molecular complexity index is 628. The van der Waals surface area contributed by atoms with Gasteiger partial charge in [-0.15, -0.1) is 0 Å². The van der Waals surface area contributed by atoms with E-state index in [9.17, 15) is 0 Å². The van der Waals surface area contributed by atoms with Crippen LogP contribution in [0.4, 0.5) is 0 Å². The summed E-state index contributed by atoms with van der Waals surface area (Å²) in [5, 5.41) is 0. The fourth-order valence-electron chi connectivity index (χ4n) is 2.81. The Morgan fingerprint density at radius 1 is 0.808 bits per heavy atom. The minimum atomic E-state index is 0.792. The standard InChI is InChI=1S/C24H33NO/c1-3-5-7-8-9-10-22-12-16-23(25-20-22)15-11-21-13-17-24(18-14-21)26-19-6-4-2/h11-18,20H,3-10,19H2,1-2H3. The number of rotatable bonds is 12. The summed E-state index contributed by atoms with van der Waals surface area (Å²) in [6.45, 7) is 5.22. The summed E-state index contributed by atoms with van der Waals surface area (Å²) in [5.41, 5.74) is 3.50. The Balaban J connectivity index is 1.78. The molecule has 0 unspecified atom stereocenters. The average Bonchev–Trinajstić information content (AvgIpc) is 2.68. The van der Waals surface area contributed by atoms with Gasteiger partial charge in [-0.05, 0) is 54.7 Å². The van der Waals surface area contributed by atoms with E-state index in [0.717, 1.165) is 42.9 Å². The quantitative estimate of drug-likeness (QED) is 0.386. The van der Waals surface area contributed by atoms with E-state index >= 15 is 0 Å². The summed E-state index contributed by atoms with van der Waals surface area (Å²) in [7, 11) is 0. The normalized spacial score (nSPS) is 11.2. The number of unbranched alkanes of at least 4 members (excludes halogenated alkanes) is 5. The Morgan fingerprint density at radius 3 is 2.27 bits per heavy atom. The highest BCUT2D eigenvalue weighted by Gasteiger charge is 1.96. The van der Waals surface area contributed by atoms with Crippen LogP contribution in [0.25, 0.3) is 12.2 Å². The van der Waals surface area contributed by atoms with E-state index in [1.54, 1.807) is 0 Å². The van der Waals surface area contributed by atoms with Crippen molar-refractivity contribution >= 4 is 12.2 Å². The molecule has 26 heavy (non-hydrogen) atoms. The first kappa shape index (κ1) is 20.2. The molecule has 2 nitrogen and oxygen atoms in total. The monoisotopic (exact) mass is 351 g/mol. The molecule has 0 aliphatic heterocycles. The van der Waals surface area contributed by atoms with Gasteiger partial charge in [0, 0.05) is 6.20 Å². The van der Waals surface area contributed by atoms with E-state index in [-0.39, 0.29) is 0 Å². The number of aryl methyl sites for hydroxylation is 1. The van der Waals surface area contributed by atoms with Crippen molar-refractivity contribution in [1.82, 2.24) is 4.98 Å². The molecule has 0 aliphatic rings. The third kappa shape index (κ3) is 7.86. The van der Waals surface area contributed by atoms with Gasteiger partial charge in [-0.2, -0.15) is 0 Å². The molecule has 2 heteroatoms. The highest BCUT2D eigenvalue weighted by atomic mass is 16.5. The second-order valence-corrected chi connectivity index (χ2v) is 6.86. The molecular formula is C24H33NO. The number of pyridine rings is 1. The summed E-state index contributed by atoms with van der Waals surface area (Å²) in [5.74, 6) is 0.942. The van der Waals surface area contributed by atoms with Crippen molar-refractivity contribution in [1.29, 1.82) is 0 Å². The third-order valence-electron chi connectivity index (χ3n) is 4.51. The zero-order valence-corrected chi connectivity index (χ0v) is 16.4. The first-order valence-electron chi connectivity index (χ1n) is 10.2. The lowest BCUT2D eigenvalue weighted by Gasteiger charge is -2.05. The van der Waals surface area contributed by atoms with Gasteiger partial charge in [0.2, 0.25) is 0 Å². The number of nitrogens with zero attached hydrogens (tertiary/aromatic N) is 1. The van der Waals surface area contributed by atoms with Gasteiger partial charge >= 0.3 is 0 Å². The van der Waals surface area contributed by atoms with Crippen LogP contribution in [-0.2, 0) is 6.42 Å². The molecule has 0 amide bonds. The topological polar surface area (TPSA) is 22.1 Å². The Hall–Kier alpha value is -2.09. The van der Waals surface area contributed by atoms with Crippen LogP contribution in [0, 0.1) is 0 Å². The number of aromatic nitrogens is 1. The van der Waals surface area contributed by atoms with Gasteiger partial charge in [0.05, 0.1) is 12.3 Å². The average molecular weight is 352 g/mol. The van der Waals surface area contributed by atoms with E-state index in [0.29, 0.717) is 0 Å². The van der Waals surface area contributed by atoms with Crippen molar-refractivity contribution in [2.75, 3.05) is 6.61 Å². The van der Waals surface area contributed by atoms with Crippen LogP contribution in [0.15, 0.2) is 42.6 Å². The molecule has 0 N–H and O–H groups in total. The Kier molecular flexibility index (Phi) is 9.56. The van der Waals surface area contributed by atoms with E-state index in [4.69, 9.17) is 4.74 Å². The van der Waals surface area contributed by atoms with Crippen LogP contribution in [0.5, 0.6) is 5.75 Å². The number of ether oxygens (including phenoxy) is 1. The van der Waals surface area contributed by atoms with Crippen LogP contribution in [-0.4, -0.2) is 11.6 Å². The second-order valence-electron chi connectivity index (χ2n) is 6.86. The molecule has 0 fully saturated rings. The molecule has 1 aromatic carbocycles. The lowest BCUT2D eigenvalue weighted by atomic mass is 10.1. The maximum absolute atomic E-state index is 5.69. The van der Waals surface area contributed by atoms with Crippen molar-refractivity contribution in [2.24, 2.45) is 0 Å². The van der Waals surface area contributed by atoms with Crippen molar-refractivity contribution < 1.29 is 4.74 Å². The fraction of sp³-hybridized carbons (Fsp3) is 0.458. The number of hydrogen-bond acceptors (Lipinski definition) is 2. The first-order valence-corrected chi connectivity index (χ1v) is 10.2. The molecule has 1 heterocycles. The van der Waals surface area contributed by atoms with Gasteiger partial charge < -0.3 is 4.74 Å². The smallest absolute Gasteiger partial charge is 0.119 e. The lowest BCUT2D eigenvalue weighted by molar-refractivity contribution is 0.309. The summed E-state index contributed by atoms with van der Waals surface area (Å²) in [6.07, 6.45) is 16.2. The van der Waals surface area contributed by atoms with E-state index in [1.807, 2.05) is 18.3 Å². The van der Waals surface area contributed by atoms with Crippen molar-refractivity contribution in [3.8, 4) is 5.75 Å². The molecule has 0 atom stereocenters. The van der Waals surface area contributed by atoms with Gasteiger partial charge in [0.1, 0.15) is 5.75 Å². The minimum Gasteiger partial charge on any atom is -0.494 e. The summed E-state index contributed by atoms with van der Waals surface area (Å²) < 4.78 is 5.69. The minimum absolute atomic E-state index is 0.792. The molecule has 2 aromatic rings. The molecular weight excluding hydrogens is 318 g/mol. The zero-order chi connectivity index (χ0) is 18.5. The third-order valence-corrected chi connectivity index (χ3v) is 4.51. The summed E-state index contributed by atoms with van der Waals surface area (Å²) >= 11 is 0. The molecule has 0 aliphatic carbocycles. The van der Waals surface area contributed by atoms with Crippen molar-refractivity contribution in [3.05, 3.63) is 59.4 Å². The highest BCUT2D eigenvalue weighted by Crippen LogP contribution is 2.15. The van der Waals surface area contributed by atoms with Gasteiger partial charge in [-0.3, -0.25) is 4.98 Å². The van der Waals surface area contributed by atoms with Crippen molar-refractivity contribution in [3.63, 3.8) is 0 Å². The van der Waals surface area contributed by atoms with Crippen LogP contribution in [0.3, 0.4) is 0 Å². The van der Waals surface area contributed by atoms with Gasteiger partial charge in [0.15, 0.2) is 0 Å². The molecule has 0 saturated heterocycles. The number of benzene rings is 1. The first-order chi connectivity index (χ1) is 12.8. The lowest BCUT2D eigenvalue weighted by Crippen LogP contribution is -1.95. The van der Waals surface area contributed by atoms with Gasteiger partial charge in [0.25, 0.3) is 0 Å². The van der Waals surface area contributed by atoms with Crippen molar-refractivity contribution in [2.45, 2.75) is 65.2 Å². The largest absolute Gasteiger partial charge is 0.494 e. The predicted molar refractivity (Wildman–Crippen MR) is 112 cm³/mol. The highest BCUT2D eigenvalue weighted by molar-refractivity contribution is 5.68. The van der Waals surface area contributed by atoms with Gasteiger partial charge in [-0.25, -0.2) is 0 Å². The molecule has 0 radical (unpaired) electrons. The second kappa shape index (κ2) is 12.3. The van der Waals surface area contributed by atoms with E-state index in [1.165, 1.54) is 37.7 Å². The Labute approximate surface area is 159 Å². The molecule has 0 bridgehead atoms. The molecule has 140 valence electrons. The molecule has 0 saturated carbocycles.